The molecule has 732 valence electrons. The van der Waals surface area contributed by atoms with Gasteiger partial charge in [0.1, 0.15) is 0 Å². The van der Waals surface area contributed by atoms with E-state index in [0.717, 1.165) is 78.5 Å². The first-order chi connectivity index (χ1) is 63.0. The van der Waals surface area contributed by atoms with Crippen molar-refractivity contribution in [1.29, 1.82) is 0 Å². The number of rotatable bonds is 13. The number of hydrogen-bond donors (Lipinski definition) is 2. The number of halogens is 5. The van der Waals surface area contributed by atoms with Crippen LogP contribution in [0.1, 0.15) is 262 Å². The Bertz CT molecular complexity index is 5150. The molecular weight excluding hydrogens is 2010 g/mol. The second-order valence-corrected chi connectivity index (χ2v) is 48.3. The van der Waals surface area contributed by atoms with Gasteiger partial charge < -0.3 is 44.3 Å². The van der Waals surface area contributed by atoms with Crippen LogP contribution in [0.2, 0.25) is 0 Å². The van der Waals surface area contributed by atoms with Crippen molar-refractivity contribution in [2.24, 2.45) is 10.8 Å². The molecule has 0 unspecified atom stereocenters. The van der Waals surface area contributed by atoms with E-state index in [2.05, 4.69) is 316 Å². The number of fused-ring (bicyclic) bond motifs is 1. The van der Waals surface area contributed by atoms with Gasteiger partial charge in [-0.3, -0.25) is 0 Å². The van der Waals surface area contributed by atoms with Crippen LogP contribution in [0.3, 0.4) is 0 Å². The number of phenols is 2. The molecule has 0 bridgehead atoms. The fraction of sp³-hybridized carbons (Fsp3) is 0.398. The van der Waals surface area contributed by atoms with Gasteiger partial charge in [0.15, 0.2) is 0 Å². The Morgan fingerprint density at radius 2 is 0.687 bits per heavy atom. The molecule has 16 heteroatoms. The molecule has 134 heavy (non-hydrogen) atoms. The van der Waals surface area contributed by atoms with Crippen LogP contribution in [0.5, 0.6) is 11.5 Å². The second kappa shape index (κ2) is 52.5. The summed E-state index contributed by atoms with van der Waals surface area (Å²) in [7, 11) is 23.5. The summed E-state index contributed by atoms with van der Waals surface area (Å²) in [4.78, 5) is 14.9. The van der Waals surface area contributed by atoms with Crippen molar-refractivity contribution in [2.45, 2.75) is 266 Å². The number of para-hydroxylation sites is 3. The van der Waals surface area contributed by atoms with E-state index in [1.54, 1.807) is 18.2 Å². The van der Waals surface area contributed by atoms with Crippen molar-refractivity contribution >= 4 is 103 Å². The molecule has 2 spiro atoms. The quantitative estimate of drug-likeness (QED) is 0.0673. The summed E-state index contributed by atoms with van der Waals surface area (Å²) in [5.41, 5.74) is 39.8. The molecule has 0 atom stereocenters. The molecule has 10 aromatic rings. The summed E-state index contributed by atoms with van der Waals surface area (Å²) < 4.78 is 4.85. The summed E-state index contributed by atoms with van der Waals surface area (Å²) in [6.45, 7) is 63.2. The molecular formula is C118H153Cl5N6O2Ru3-6. The molecule has 3 aliphatic carbocycles. The monoisotopic (exact) mass is 2170 g/mol. The Labute approximate surface area is 852 Å². The van der Waals surface area contributed by atoms with E-state index in [1.807, 2.05) is 71.6 Å². The number of allylic oxidation sites excluding steroid dienone is 1. The summed E-state index contributed by atoms with van der Waals surface area (Å²) in [5, 5.41) is 18.5. The van der Waals surface area contributed by atoms with E-state index in [4.69, 9.17) is 55.5 Å². The van der Waals surface area contributed by atoms with Gasteiger partial charge in [0.05, 0.1) is 0 Å². The molecule has 8 nitrogen and oxygen atoms in total. The molecule has 17 rings (SSSR count). The number of aryl methyl sites for hydroxylation is 17. The summed E-state index contributed by atoms with van der Waals surface area (Å²) in [6.07, 6.45) is 23.4. The maximum atomic E-state index is 9.29. The first kappa shape index (κ1) is 113. The van der Waals surface area contributed by atoms with Gasteiger partial charge in [-0.25, -0.2) is 13.1 Å². The Balaban J connectivity index is 0.000000194. The molecule has 4 saturated heterocycles. The van der Waals surface area contributed by atoms with Crippen molar-refractivity contribution in [2.75, 3.05) is 61.5 Å². The van der Waals surface area contributed by atoms with Crippen molar-refractivity contribution in [3.63, 3.8) is 0 Å². The molecule has 0 radical (unpaired) electrons. The number of hydrogen-bond acceptors (Lipinski definition) is 8. The summed E-state index contributed by atoms with van der Waals surface area (Å²) in [6, 6.07) is 63.3. The first-order valence-electron chi connectivity index (χ1n) is 47.6. The number of aromatic hydroxyl groups is 2. The zero-order valence-corrected chi connectivity index (χ0v) is 93.7. The van der Waals surface area contributed by atoms with Crippen LogP contribution in [0.25, 0.3) is 5.57 Å². The zero-order valence-electron chi connectivity index (χ0n) is 84.7. The fourth-order valence-electron chi connectivity index (χ4n) is 21.5. The van der Waals surface area contributed by atoms with Crippen LogP contribution in [0, 0.1) is 142 Å². The Hall–Kier alpha value is -6.73. The van der Waals surface area contributed by atoms with E-state index in [9.17, 15) is 5.11 Å². The molecule has 6 fully saturated rings. The van der Waals surface area contributed by atoms with Gasteiger partial charge in [-0.2, -0.15) is 13.3 Å². The van der Waals surface area contributed by atoms with Crippen LogP contribution in [0.15, 0.2) is 188 Å². The minimum absolute atomic E-state index is 0. The van der Waals surface area contributed by atoms with Crippen LogP contribution < -0.4 is 29.4 Å². The van der Waals surface area contributed by atoms with Gasteiger partial charge in [-0.05, 0) is 203 Å². The predicted octanol–water partition coefficient (Wildman–Crippen LogP) is 32.4. The summed E-state index contributed by atoms with van der Waals surface area (Å²) in [5.74, 6) is 1.34. The van der Waals surface area contributed by atoms with E-state index in [-0.39, 0.29) is 57.3 Å². The third kappa shape index (κ3) is 29.0. The van der Waals surface area contributed by atoms with Crippen LogP contribution >= 0.6 is 50.4 Å². The van der Waals surface area contributed by atoms with E-state index < -0.39 is 13.5 Å². The maximum absolute atomic E-state index is 9.29. The van der Waals surface area contributed by atoms with E-state index in [0.29, 0.717) is 22.3 Å². The molecule has 10 aromatic carbocycles. The van der Waals surface area contributed by atoms with Crippen molar-refractivity contribution in [1.82, 2.24) is 0 Å². The predicted molar refractivity (Wildman–Crippen MR) is 581 cm³/mol. The molecule has 0 aromatic heterocycles. The van der Waals surface area contributed by atoms with Crippen LogP contribution in [-0.4, -0.2) is 66.7 Å². The number of anilines is 6. The van der Waals surface area contributed by atoms with Crippen LogP contribution in [-0.2, 0) is 70.6 Å². The molecule has 4 heterocycles. The first-order valence-corrected chi connectivity index (χ1v) is 60.0. The normalized spacial score (nSPS) is 16.5. The van der Waals surface area contributed by atoms with E-state index >= 15 is 0 Å². The van der Waals surface area contributed by atoms with Crippen molar-refractivity contribution in [3.8, 4) is 11.5 Å². The number of benzene rings is 10. The standard InChI is InChI=1S/2C21H27N2.2C21H32N.C15H10.C8H8O.C7H6O.C2H5Cl.2CH3.4ClH.3Ru/c2*1-14-9-16(3)20(17(4)10-14)22-7-8-23(13-22)21-18(5)11-15(2)12-19(21)6;2*1-5-17-11-10-12-18(6-2)19(17)22-16-21(15-20(22,3)4)13-8-7-9-14-21;1-2-6-12(7-3-1)15-11-10-13-8-4-5-9-14(13)15;1-6-3-4-8(9)7(2)5-6;1-6-4-2-3-5-7(6)8;1-2-3;;;;;;;;;/h2*9-13H,7-8H2,1-6H3;2*10-12,16H,5-9,13-15H2,1-4H3;1-9,11H;2-5,9H,1H3;1-5,8H;2H2,1H3;2*1H3;4*1H;;;/q4*-1;;;;;2*-1;;;;;2*+1;+2/p-4. The molecule has 4 aliphatic heterocycles. The topological polar surface area (TPSA) is 59.9 Å². The Kier molecular flexibility index (Phi) is 44.1. The molecule has 2 N–H and O–H groups in total. The van der Waals surface area contributed by atoms with Gasteiger partial charge in [-0.1, -0.05) is 219 Å². The summed E-state index contributed by atoms with van der Waals surface area (Å²) >= 11 is 2.61. The van der Waals surface area contributed by atoms with E-state index in [1.165, 1.54) is 222 Å². The molecule has 2 saturated carbocycles. The van der Waals surface area contributed by atoms with Gasteiger partial charge in [0.25, 0.3) is 0 Å². The van der Waals surface area contributed by atoms with Crippen molar-refractivity contribution in [3.05, 3.63) is 352 Å². The Morgan fingerprint density at radius 3 is 1.01 bits per heavy atom. The average molecular weight is 2170 g/mol. The second-order valence-electron chi connectivity index (χ2n) is 38.3. The van der Waals surface area contributed by atoms with Crippen LogP contribution in [0.4, 0.5) is 34.1 Å². The fourth-order valence-corrected chi connectivity index (χ4v) is 26.2. The molecule has 0 amide bonds. The molecule has 7 aliphatic rings. The zero-order chi connectivity index (χ0) is 95.9. The van der Waals surface area contributed by atoms with Crippen molar-refractivity contribution < 1.29 is 55.1 Å². The SMILES string of the molecule is CCCl.CCc1cccc(CC)c1N1[CH-]C2(CCCCC2)CC1(C)C.CCc1cccc(CC)c1N1[CH-]C2(CCCCC2)CC1(C)C.Cc1cc(C)c(N2[CH-]N(c3c(C)cc(C)cc3C)CC2)c(C)c1.Cc1cc(C)c(N2[CH-]N(c3c(C)cc(C)cc3C)CC2)c(C)c1.Cc1ccc(O)c([CH]=[Ru][Cl])c1.Oc1ccccc1[CH]=[Ru][Cl].[CH3-].[CH3-].[Cl][Ru]([Cl])=[C]1C=C(c2ccccc2)c2ccccc21. The Morgan fingerprint density at radius 1 is 0.373 bits per heavy atom. The van der Waals surface area contributed by atoms with Gasteiger partial charge in [0, 0.05) is 77.3 Å². The number of phenolic OH excluding ortho intramolecular Hbond substituents is 2. The average Bonchev–Trinajstić information content (AvgIpc) is 1.60. The number of nitrogens with zero attached hydrogens (tertiary/aromatic N) is 6. The van der Waals surface area contributed by atoms with Gasteiger partial charge in [0.2, 0.25) is 0 Å². The number of alkyl halides is 1. The third-order valence-electron chi connectivity index (χ3n) is 26.6. The van der Waals surface area contributed by atoms with Gasteiger partial charge in [-0.15, -0.1) is 22.4 Å². The third-order valence-corrected chi connectivity index (χ3v) is 32.1. The minimum atomic E-state index is -1.88. The van der Waals surface area contributed by atoms with Gasteiger partial charge >= 0.3 is 268 Å².